The minimum atomic E-state index is 0.641. The van der Waals surface area contributed by atoms with E-state index in [1.807, 2.05) is 7.05 Å². The van der Waals surface area contributed by atoms with E-state index in [-0.39, 0.29) is 0 Å². The van der Waals surface area contributed by atoms with Crippen LogP contribution < -0.4 is 10.2 Å². The standard InChI is InChI=1S/C15H24N2/c1-11-6-5-7-12(2)15(11)17-9-8-14(10-16-4)13(17)3/h5-7,13-14,16H,8-10H2,1-4H3. The van der Waals surface area contributed by atoms with Crippen molar-refractivity contribution < 1.29 is 0 Å². The Hall–Kier alpha value is -1.02. The first-order valence-corrected chi connectivity index (χ1v) is 6.62. The van der Waals surface area contributed by atoms with Gasteiger partial charge in [0, 0.05) is 18.3 Å². The van der Waals surface area contributed by atoms with Gasteiger partial charge in [0.1, 0.15) is 0 Å². The van der Waals surface area contributed by atoms with E-state index in [1.54, 1.807) is 0 Å². The fourth-order valence-electron chi connectivity index (χ4n) is 3.11. The average Bonchev–Trinajstić information content (AvgIpc) is 2.62. The molecule has 1 heterocycles. The van der Waals surface area contributed by atoms with Gasteiger partial charge in [-0.1, -0.05) is 18.2 Å². The van der Waals surface area contributed by atoms with Crippen LogP contribution in [0.3, 0.4) is 0 Å². The molecule has 1 aliphatic heterocycles. The van der Waals surface area contributed by atoms with Crippen molar-refractivity contribution in [2.45, 2.75) is 33.2 Å². The Balaban J connectivity index is 2.24. The molecular formula is C15H24N2. The van der Waals surface area contributed by atoms with Gasteiger partial charge >= 0.3 is 0 Å². The molecule has 1 aromatic carbocycles. The highest BCUT2D eigenvalue weighted by molar-refractivity contribution is 5.60. The van der Waals surface area contributed by atoms with Crippen LogP contribution in [0.5, 0.6) is 0 Å². The van der Waals surface area contributed by atoms with Crippen LogP contribution in [0.2, 0.25) is 0 Å². The van der Waals surface area contributed by atoms with E-state index in [0.717, 1.165) is 12.5 Å². The molecule has 0 saturated carbocycles. The van der Waals surface area contributed by atoms with E-state index in [2.05, 4.69) is 49.2 Å². The number of nitrogens with zero attached hydrogens (tertiary/aromatic N) is 1. The molecule has 1 N–H and O–H groups in total. The Morgan fingerprint density at radius 1 is 1.29 bits per heavy atom. The summed E-state index contributed by atoms with van der Waals surface area (Å²) in [6.07, 6.45) is 1.30. The summed E-state index contributed by atoms with van der Waals surface area (Å²) in [6.45, 7) is 9.13. The van der Waals surface area contributed by atoms with Gasteiger partial charge in [-0.05, 0) is 57.8 Å². The number of hydrogen-bond donors (Lipinski definition) is 1. The lowest BCUT2D eigenvalue weighted by Crippen LogP contribution is -2.34. The first kappa shape index (κ1) is 12.4. The molecule has 0 aromatic heterocycles. The van der Waals surface area contributed by atoms with E-state index in [9.17, 15) is 0 Å². The molecule has 0 radical (unpaired) electrons. The maximum absolute atomic E-state index is 3.31. The SMILES string of the molecule is CNCC1CCN(c2c(C)cccc2C)C1C. The third-order valence-corrected chi connectivity index (χ3v) is 4.11. The summed E-state index contributed by atoms with van der Waals surface area (Å²) in [6, 6.07) is 7.24. The third kappa shape index (κ3) is 2.32. The highest BCUT2D eigenvalue weighted by Gasteiger charge is 2.31. The largest absolute Gasteiger partial charge is 0.368 e. The molecule has 0 aliphatic carbocycles. The van der Waals surface area contributed by atoms with Crippen LogP contribution in [0.25, 0.3) is 0 Å². The molecule has 2 unspecified atom stereocenters. The first-order valence-electron chi connectivity index (χ1n) is 6.62. The monoisotopic (exact) mass is 232 g/mol. The Morgan fingerprint density at radius 3 is 2.53 bits per heavy atom. The molecule has 1 aliphatic rings. The van der Waals surface area contributed by atoms with Crippen molar-refractivity contribution in [2.75, 3.05) is 25.0 Å². The smallest absolute Gasteiger partial charge is 0.0428 e. The van der Waals surface area contributed by atoms with Crippen molar-refractivity contribution in [3.63, 3.8) is 0 Å². The molecule has 1 saturated heterocycles. The fourth-order valence-corrected chi connectivity index (χ4v) is 3.11. The second-order valence-corrected chi connectivity index (χ2v) is 5.28. The predicted octanol–water partition coefficient (Wildman–Crippen LogP) is 2.74. The number of anilines is 1. The van der Waals surface area contributed by atoms with Crippen molar-refractivity contribution >= 4 is 5.69 Å². The van der Waals surface area contributed by atoms with Gasteiger partial charge in [-0.3, -0.25) is 0 Å². The minimum absolute atomic E-state index is 0.641. The maximum Gasteiger partial charge on any atom is 0.0428 e. The lowest BCUT2D eigenvalue weighted by molar-refractivity contribution is 0.473. The lowest BCUT2D eigenvalue weighted by Gasteiger charge is -2.29. The predicted molar refractivity (Wildman–Crippen MR) is 74.8 cm³/mol. The van der Waals surface area contributed by atoms with Crippen LogP contribution in [0.1, 0.15) is 24.5 Å². The van der Waals surface area contributed by atoms with Crippen molar-refractivity contribution in [3.05, 3.63) is 29.3 Å². The minimum Gasteiger partial charge on any atom is -0.368 e. The Labute approximate surface area is 105 Å². The van der Waals surface area contributed by atoms with E-state index >= 15 is 0 Å². The highest BCUT2D eigenvalue weighted by atomic mass is 15.2. The molecular weight excluding hydrogens is 208 g/mol. The summed E-state index contributed by atoms with van der Waals surface area (Å²) < 4.78 is 0. The van der Waals surface area contributed by atoms with Crippen molar-refractivity contribution in [1.82, 2.24) is 5.32 Å². The molecule has 0 spiro atoms. The van der Waals surface area contributed by atoms with Crippen molar-refractivity contribution in [1.29, 1.82) is 0 Å². The second kappa shape index (κ2) is 5.09. The van der Waals surface area contributed by atoms with Gasteiger partial charge < -0.3 is 10.2 Å². The maximum atomic E-state index is 3.31. The van der Waals surface area contributed by atoms with Crippen molar-refractivity contribution in [3.8, 4) is 0 Å². The Kier molecular flexibility index (Phi) is 3.72. The van der Waals surface area contributed by atoms with Crippen LogP contribution >= 0.6 is 0 Å². The molecule has 94 valence electrons. The zero-order valence-electron chi connectivity index (χ0n) is 11.5. The second-order valence-electron chi connectivity index (χ2n) is 5.28. The molecule has 1 fully saturated rings. The van der Waals surface area contributed by atoms with Crippen LogP contribution in [-0.4, -0.2) is 26.2 Å². The summed E-state index contributed by atoms with van der Waals surface area (Å²) >= 11 is 0. The van der Waals surface area contributed by atoms with Gasteiger partial charge in [0.2, 0.25) is 0 Å². The van der Waals surface area contributed by atoms with Crippen LogP contribution in [0.4, 0.5) is 5.69 Å². The first-order chi connectivity index (χ1) is 8.15. The van der Waals surface area contributed by atoms with Gasteiger partial charge in [0.15, 0.2) is 0 Å². The molecule has 2 heteroatoms. The molecule has 0 bridgehead atoms. The van der Waals surface area contributed by atoms with Crippen LogP contribution in [0, 0.1) is 19.8 Å². The third-order valence-electron chi connectivity index (χ3n) is 4.11. The van der Waals surface area contributed by atoms with Gasteiger partial charge in [-0.15, -0.1) is 0 Å². The van der Waals surface area contributed by atoms with Gasteiger partial charge in [-0.2, -0.15) is 0 Å². The van der Waals surface area contributed by atoms with Crippen LogP contribution in [0.15, 0.2) is 18.2 Å². The van der Waals surface area contributed by atoms with Gasteiger partial charge in [0.05, 0.1) is 0 Å². The van der Waals surface area contributed by atoms with E-state index < -0.39 is 0 Å². The Bertz CT molecular complexity index is 366. The number of rotatable bonds is 3. The summed E-state index contributed by atoms with van der Waals surface area (Å²) in [5.74, 6) is 0.777. The number of aryl methyl sites for hydroxylation is 2. The summed E-state index contributed by atoms with van der Waals surface area (Å²) in [4.78, 5) is 2.59. The van der Waals surface area contributed by atoms with Crippen molar-refractivity contribution in [2.24, 2.45) is 5.92 Å². The van der Waals surface area contributed by atoms with E-state index in [1.165, 1.54) is 29.8 Å². The number of nitrogens with one attached hydrogen (secondary N) is 1. The van der Waals surface area contributed by atoms with Gasteiger partial charge in [0.25, 0.3) is 0 Å². The molecule has 0 amide bonds. The number of hydrogen-bond acceptors (Lipinski definition) is 2. The zero-order valence-corrected chi connectivity index (χ0v) is 11.5. The van der Waals surface area contributed by atoms with Gasteiger partial charge in [-0.25, -0.2) is 0 Å². The van der Waals surface area contributed by atoms with E-state index in [4.69, 9.17) is 0 Å². The van der Waals surface area contributed by atoms with E-state index in [0.29, 0.717) is 6.04 Å². The molecule has 2 rings (SSSR count). The zero-order chi connectivity index (χ0) is 12.4. The fraction of sp³-hybridized carbons (Fsp3) is 0.600. The topological polar surface area (TPSA) is 15.3 Å². The molecule has 2 nitrogen and oxygen atoms in total. The summed E-state index contributed by atoms with van der Waals surface area (Å²) in [5.41, 5.74) is 4.27. The lowest BCUT2D eigenvalue weighted by atomic mass is 10.0. The molecule has 2 atom stereocenters. The molecule has 17 heavy (non-hydrogen) atoms. The summed E-state index contributed by atoms with van der Waals surface area (Å²) in [5, 5.41) is 3.31. The number of para-hydroxylation sites is 1. The quantitative estimate of drug-likeness (QED) is 0.862. The number of benzene rings is 1. The highest BCUT2D eigenvalue weighted by Crippen LogP contribution is 2.33. The Morgan fingerprint density at radius 2 is 1.94 bits per heavy atom. The van der Waals surface area contributed by atoms with Crippen LogP contribution in [-0.2, 0) is 0 Å². The molecule has 1 aromatic rings. The normalized spacial score (nSPS) is 24.4. The average molecular weight is 232 g/mol. The summed E-state index contributed by atoms with van der Waals surface area (Å²) in [7, 11) is 2.05.